The van der Waals surface area contributed by atoms with Gasteiger partial charge in [-0.2, -0.15) is 0 Å². The third-order valence-electron chi connectivity index (χ3n) is 10.9. The van der Waals surface area contributed by atoms with Gasteiger partial charge in [-0.3, -0.25) is 19.1 Å². The minimum absolute atomic E-state index is 0.0248. The molecule has 1 aromatic carbocycles. The fourth-order valence-corrected chi connectivity index (χ4v) is 8.50. The lowest BCUT2D eigenvalue weighted by Gasteiger charge is -2.30. The summed E-state index contributed by atoms with van der Waals surface area (Å²) in [7, 11) is 0.432. The van der Waals surface area contributed by atoms with E-state index in [9.17, 15) is 32.0 Å². The smallest absolute Gasteiger partial charge is 0.317 e. The van der Waals surface area contributed by atoms with Crippen molar-refractivity contribution in [1.29, 1.82) is 0 Å². The van der Waals surface area contributed by atoms with Crippen LogP contribution >= 0.6 is 0 Å². The minimum Gasteiger partial charge on any atom is -0.491 e. The minimum atomic E-state index is -4.01. The van der Waals surface area contributed by atoms with Crippen molar-refractivity contribution in [3.8, 4) is 17.4 Å². The normalized spacial score (nSPS) is 27.1. The molecule has 2 aliphatic carbocycles. The molecular weight excluding hydrogens is 736 g/mol. The zero-order valence-corrected chi connectivity index (χ0v) is 33.0. The molecule has 300 valence electrons. The molecule has 5 amide bonds. The second-order valence-corrected chi connectivity index (χ2v) is 17.9. The van der Waals surface area contributed by atoms with Crippen LogP contribution in [0.1, 0.15) is 78.6 Å². The van der Waals surface area contributed by atoms with Gasteiger partial charge in [-0.25, -0.2) is 22.6 Å². The highest BCUT2D eigenvalue weighted by Gasteiger charge is 2.63. The van der Waals surface area contributed by atoms with E-state index >= 15 is 0 Å². The number of carbonyl (C=O) groups excluding carboxylic acids is 4. The Morgan fingerprint density at radius 3 is 2.56 bits per heavy atom. The lowest BCUT2D eigenvalue weighted by atomic mass is 10.0. The van der Waals surface area contributed by atoms with E-state index in [4.69, 9.17) is 14.2 Å². The van der Waals surface area contributed by atoms with Gasteiger partial charge < -0.3 is 34.6 Å². The molecule has 15 nitrogen and oxygen atoms in total. The topological polar surface area (TPSA) is 186 Å². The molecule has 2 aromatic rings. The highest BCUT2D eigenvalue weighted by Crippen LogP contribution is 2.47. The zero-order valence-electron chi connectivity index (χ0n) is 32.1. The number of allylic oxidation sites excluding steroid dienone is 1. The summed E-state index contributed by atoms with van der Waals surface area (Å²) in [5, 5.41) is 6.08. The molecule has 55 heavy (non-hydrogen) atoms. The van der Waals surface area contributed by atoms with Crippen LogP contribution < -0.4 is 29.6 Å². The van der Waals surface area contributed by atoms with Gasteiger partial charge in [-0.05, 0) is 71.4 Å². The number of nitrogens with one attached hydrogen (secondary N) is 3. The molecule has 2 saturated carbocycles. The maximum Gasteiger partial charge on any atom is 0.317 e. The molecule has 0 radical (unpaired) electrons. The Kier molecular flexibility index (Phi) is 11.2. The Balaban J connectivity index is 1.36. The lowest BCUT2D eigenvalue weighted by molar-refractivity contribution is -0.141. The summed E-state index contributed by atoms with van der Waals surface area (Å²) < 4.78 is 60.0. The monoisotopic (exact) mass is 786 g/mol. The standard InChI is InChI=1S/C38H51FN6O9S/c1-22(2)53-30-19-29(25-14-15-26(39)32(52-6)31(25)41-30)54-24-18-28-33(46)42-38(35(48)43-55(50,51)37(3)16-17-37)20-23(38)12-10-8-7-9-11-13-27(34(47)45(28)21-24)40-36(49)44(4)5/h10,12,14-15,19,22-24,27-28H,7-9,11,13,16-18,20-21H2,1-6H3,(H,40,49)(H,42,46)(H,43,48)/b12-10-/t23-,24-,27+,28+,38-/m1/s1. The SMILES string of the molecule is COc1c(F)ccc2c(O[C@@H]3C[C@H]4C(=O)N[C@]5(C(=O)NS(=O)(=O)C6(C)CC6)C[C@H]5/C=C\CCCCC[C@H](NC(=O)N(C)C)C(=O)N4C3)cc(OC(C)C)nc12. The summed E-state index contributed by atoms with van der Waals surface area (Å²) >= 11 is 0. The van der Waals surface area contributed by atoms with E-state index in [-0.39, 0.29) is 48.4 Å². The number of urea groups is 1. The van der Waals surface area contributed by atoms with E-state index in [1.165, 1.54) is 29.0 Å². The van der Waals surface area contributed by atoms with E-state index in [2.05, 4.69) is 20.3 Å². The number of nitrogens with zero attached hydrogens (tertiary/aromatic N) is 3. The van der Waals surface area contributed by atoms with Crippen LogP contribution in [-0.2, 0) is 24.4 Å². The molecule has 0 spiro atoms. The van der Waals surface area contributed by atoms with Crippen LogP contribution in [0.25, 0.3) is 10.9 Å². The fourth-order valence-electron chi connectivity index (χ4n) is 7.19. The van der Waals surface area contributed by atoms with Gasteiger partial charge in [0.2, 0.25) is 27.7 Å². The number of sulfonamides is 1. The molecule has 0 unspecified atom stereocenters. The van der Waals surface area contributed by atoms with Crippen LogP contribution in [0, 0.1) is 11.7 Å². The number of hydrogen-bond donors (Lipinski definition) is 3. The van der Waals surface area contributed by atoms with Gasteiger partial charge in [0.15, 0.2) is 11.6 Å². The van der Waals surface area contributed by atoms with Crippen LogP contribution in [-0.4, -0.2) is 109 Å². The quantitative estimate of drug-likeness (QED) is 0.318. The van der Waals surface area contributed by atoms with Crippen molar-refractivity contribution < 1.29 is 46.2 Å². The van der Waals surface area contributed by atoms with Crippen molar-refractivity contribution in [2.24, 2.45) is 5.92 Å². The van der Waals surface area contributed by atoms with E-state index < -0.39 is 74.0 Å². The van der Waals surface area contributed by atoms with Crippen molar-refractivity contribution in [1.82, 2.24) is 30.1 Å². The summed E-state index contributed by atoms with van der Waals surface area (Å²) in [5.41, 5.74) is -1.40. The van der Waals surface area contributed by atoms with E-state index in [0.717, 1.165) is 12.8 Å². The third-order valence-corrected chi connectivity index (χ3v) is 13.0. The Bertz CT molecular complexity index is 1990. The largest absolute Gasteiger partial charge is 0.491 e. The number of fused-ring (bicyclic) bond motifs is 3. The molecule has 4 aliphatic rings. The number of benzene rings is 1. The zero-order chi connectivity index (χ0) is 39.9. The summed E-state index contributed by atoms with van der Waals surface area (Å²) in [6.07, 6.45) is 6.84. The van der Waals surface area contributed by atoms with Crippen molar-refractivity contribution >= 4 is 44.7 Å². The predicted molar refractivity (Wildman–Crippen MR) is 200 cm³/mol. The Labute approximate surface area is 320 Å². The number of ether oxygens (including phenoxy) is 3. The third kappa shape index (κ3) is 8.31. The van der Waals surface area contributed by atoms with Crippen LogP contribution in [0.2, 0.25) is 0 Å². The van der Waals surface area contributed by atoms with Crippen molar-refractivity contribution in [3.05, 3.63) is 36.2 Å². The fraction of sp³-hybridized carbons (Fsp3) is 0.605. The first-order valence-electron chi connectivity index (χ1n) is 18.8. The highest BCUT2D eigenvalue weighted by atomic mass is 32.2. The molecule has 2 aliphatic heterocycles. The number of aromatic nitrogens is 1. The summed E-state index contributed by atoms with van der Waals surface area (Å²) in [6.45, 7) is 5.11. The number of amides is 5. The molecule has 3 heterocycles. The average molecular weight is 787 g/mol. The number of rotatable bonds is 9. The predicted octanol–water partition coefficient (Wildman–Crippen LogP) is 3.55. The number of carbonyl (C=O) groups is 4. The first kappa shape index (κ1) is 40.0. The number of hydrogen-bond acceptors (Lipinski definition) is 10. The Morgan fingerprint density at radius 1 is 1.15 bits per heavy atom. The van der Waals surface area contributed by atoms with Crippen molar-refractivity contribution in [3.63, 3.8) is 0 Å². The first-order chi connectivity index (χ1) is 26.0. The van der Waals surface area contributed by atoms with Crippen molar-refractivity contribution in [2.45, 2.75) is 113 Å². The molecule has 17 heteroatoms. The molecular formula is C38H51FN6O9S. The molecule has 3 N–H and O–H groups in total. The van der Waals surface area contributed by atoms with Gasteiger partial charge in [-0.15, -0.1) is 0 Å². The molecule has 1 aromatic heterocycles. The number of pyridine rings is 1. The summed E-state index contributed by atoms with van der Waals surface area (Å²) in [4.78, 5) is 62.8. The number of halogens is 1. The van der Waals surface area contributed by atoms with Crippen LogP contribution in [0.5, 0.6) is 17.4 Å². The molecule has 6 rings (SSSR count). The maximum absolute atomic E-state index is 14.8. The highest BCUT2D eigenvalue weighted by molar-refractivity contribution is 7.91. The van der Waals surface area contributed by atoms with E-state index in [1.54, 1.807) is 27.1 Å². The summed E-state index contributed by atoms with van der Waals surface area (Å²) in [6, 6.07) is 1.66. The molecule has 0 bridgehead atoms. The first-order valence-corrected chi connectivity index (χ1v) is 20.3. The van der Waals surface area contributed by atoms with Gasteiger partial charge in [0, 0.05) is 37.9 Å². The molecule has 1 saturated heterocycles. The van der Waals surface area contributed by atoms with Gasteiger partial charge in [0.1, 0.15) is 35.0 Å². The Hall–Kier alpha value is -4.67. The van der Waals surface area contributed by atoms with Gasteiger partial charge >= 0.3 is 6.03 Å². The van der Waals surface area contributed by atoms with Gasteiger partial charge in [0.25, 0.3) is 5.91 Å². The van der Waals surface area contributed by atoms with Crippen LogP contribution in [0.15, 0.2) is 30.4 Å². The second kappa shape index (κ2) is 15.5. The van der Waals surface area contributed by atoms with Crippen LogP contribution in [0.4, 0.5) is 9.18 Å². The van der Waals surface area contributed by atoms with Crippen LogP contribution in [0.3, 0.4) is 0 Å². The summed E-state index contributed by atoms with van der Waals surface area (Å²) in [5.74, 6) is -2.82. The maximum atomic E-state index is 14.8. The molecule has 5 atom stereocenters. The second-order valence-electron chi connectivity index (χ2n) is 15.7. The Morgan fingerprint density at radius 2 is 1.89 bits per heavy atom. The van der Waals surface area contributed by atoms with E-state index in [1.807, 2.05) is 26.0 Å². The van der Waals surface area contributed by atoms with Gasteiger partial charge in [-0.1, -0.05) is 25.0 Å². The van der Waals surface area contributed by atoms with Gasteiger partial charge in [0.05, 0.1) is 24.5 Å². The van der Waals surface area contributed by atoms with E-state index in [0.29, 0.717) is 37.5 Å². The molecule has 3 fully saturated rings. The average Bonchev–Trinajstić information content (AvgIpc) is 3.99. The number of methoxy groups -OCH3 is 1. The lowest BCUT2D eigenvalue weighted by Crippen LogP contribution is -2.59. The van der Waals surface area contributed by atoms with Crippen molar-refractivity contribution in [2.75, 3.05) is 27.7 Å².